The summed E-state index contributed by atoms with van der Waals surface area (Å²) in [6.45, 7) is 1.67. The largest absolute Gasteiger partial charge is 0.409 e. The third-order valence-electron chi connectivity index (χ3n) is 3.17. The molecular formula is C13H15N5O2. The van der Waals surface area contributed by atoms with E-state index in [-0.39, 0.29) is 11.7 Å². The van der Waals surface area contributed by atoms with Crippen LogP contribution in [0.15, 0.2) is 35.7 Å². The number of oxime groups is 1. The third kappa shape index (κ3) is 2.37. The van der Waals surface area contributed by atoms with Gasteiger partial charge < -0.3 is 15.8 Å². The summed E-state index contributed by atoms with van der Waals surface area (Å²) < 4.78 is 0. The Morgan fingerprint density at radius 2 is 2.10 bits per heavy atom. The highest BCUT2D eigenvalue weighted by Gasteiger charge is 2.22. The van der Waals surface area contributed by atoms with Crippen molar-refractivity contribution < 1.29 is 10.0 Å². The Morgan fingerprint density at radius 1 is 1.40 bits per heavy atom. The van der Waals surface area contributed by atoms with E-state index in [0.29, 0.717) is 16.6 Å². The van der Waals surface area contributed by atoms with Crippen molar-refractivity contribution in [1.29, 1.82) is 0 Å². The molecule has 2 aromatic rings. The smallest absolute Gasteiger partial charge is 0.256 e. The molecule has 0 saturated carbocycles. The fourth-order valence-electron chi connectivity index (χ4n) is 1.81. The number of likely N-dealkylation sites (N-methyl/N-ethyl adjacent to an activating group) is 1. The second kappa shape index (κ2) is 5.52. The van der Waals surface area contributed by atoms with Crippen LogP contribution < -0.4 is 5.73 Å². The summed E-state index contributed by atoms with van der Waals surface area (Å²) >= 11 is 0. The number of nitrogens with two attached hydrogens (primary N) is 1. The molecule has 0 saturated heterocycles. The molecule has 1 amide bonds. The van der Waals surface area contributed by atoms with Crippen molar-refractivity contribution in [1.82, 2.24) is 14.9 Å². The van der Waals surface area contributed by atoms with Crippen LogP contribution in [0.2, 0.25) is 0 Å². The molecule has 7 nitrogen and oxygen atoms in total. The summed E-state index contributed by atoms with van der Waals surface area (Å²) in [6.07, 6.45) is 3.10. The van der Waals surface area contributed by atoms with E-state index < -0.39 is 6.04 Å². The van der Waals surface area contributed by atoms with E-state index in [9.17, 15) is 4.79 Å². The van der Waals surface area contributed by atoms with Gasteiger partial charge in [-0.05, 0) is 19.1 Å². The van der Waals surface area contributed by atoms with Crippen LogP contribution in [-0.2, 0) is 0 Å². The summed E-state index contributed by atoms with van der Waals surface area (Å²) in [7, 11) is 1.58. The first kappa shape index (κ1) is 13.7. The van der Waals surface area contributed by atoms with E-state index >= 15 is 0 Å². The number of aromatic nitrogens is 2. The number of para-hydroxylation sites is 1. The first-order valence-electron chi connectivity index (χ1n) is 6.00. The SMILES string of the molecule is CC(/C(N)=N/O)N(C)C(=O)c1cccc2nccnc12. The highest BCUT2D eigenvalue weighted by atomic mass is 16.4. The number of amides is 1. The van der Waals surface area contributed by atoms with Crippen molar-refractivity contribution in [3.63, 3.8) is 0 Å². The van der Waals surface area contributed by atoms with Crippen LogP contribution in [0, 0.1) is 0 Å². The summed E-state index contributed by atoms with van der Waals surface area (Å²) in [5.74, 6) is -0.303. The van der Waals surface area contributed by atoms with Gasteiger partial charge in [0, 0.05) is 19.4 Å². The van der Waals surface area contributed by atoms with Crippen LogP contribution in [0.4, 0.5) is 0 Å². The van der Waals surface area contributed by atoms with Crippen molar-refractivity contribution >= 4 is 22.8 Å². The maximum atomic E-state index is 12.5. The maximum absolute atomic E-state index is 12.5. The summed E-state index contributed by atoms with van der Waals surface area (Å²) in [5, 5.41) is 11.6. The van der Waals surface area contributed by atoms with Gasteiger partial charge in [-0.1, -0.05) is 11.2 Å². The first-order valence-corrected chi connectivity index (χ1v) is 6.00. The predicted octanol–water partition coefficient (Wildman–Crippen LogP) is 0.837. The lowest BCUT2D eigenvalue weighted by Gasteiger charge is -2.24. The summed E-state index contributed by atoms with van der Waals surface area (Å²) in [5.41, 5.74) is 7.12. The molecular weight excluding hydrogens is 258 g/mol. The molecule has 0 fully saturated rings. The molecule has 1 aromatic heterocycles. The molecule has 0 aliphatic rings. The van der Waals surface area contributed by atoms with Crippen molar-refractivity contribution in [2.45, 2.75) is 13.0 Å². The summed E-state index contributed by atoms with van der Waals surface area (Å²) in [6, 6.07) is 4.67. The number of fused-ring (bicyclic) bond motifs is 1. The molecule has 2 rings (SSSR count). The van der Waals surface area contributed by atoms with Gasteiger partial charge in [-0.15, -0.1) is 0 Å². The number of amidine groups is 1. The topological polar surface area (TPSA) is 105 Å². The quantitative estimate of drug-likeness (QED) is 0.373. The second-order valence-corrected chi connectivity index (χ2v) is 4.35. The standard InChI is InChI=1S/C13H15N5O2/c1-8(12(14)17-20)18(2)13(19)9-4-3-5-10-11(9)16-7-6-15-10/h3-8,20H,1-2H3,(H2,14,17). The summed E-state index contributed by atoms with van der Waals surface area (Å²) in [4.78, 5) is 22.2. The number of nitrogens with zero attached hydrogens (tertiary/aromatic N) is 4. The lowest BCUT2D eigenvalue weighted by molar-refractivity contribution is 0.0778. The molecule has 7 heteroatoms. The van der Waals surface area contributed by atoms with Crippen LogP contribution in [0.3, 0.4) is 0 Å². The normalized spacial score (nSPS) is 13.2. The average molecular weight is 273 g/mol. The van der Waals surface area contributed by atoms with Crippen LogP contribution in [0.1, 0.15) is 17.3 Å². The van der Waals surface area contributed by atoms with E-state index in [1.165, 1.54) is 11.1 Å². The lowest BCUT2D eigenvalue weighted by atomic mass is 10.1. The van der Waals surface area contributed by atoms with Gasteiger partial charge >= 0.3 is 0 Å². The number of hydrogen-bond acceptors (Lipinski definition) is 5. The Balaban J connectivity index is 2.41. The van der Waals surface area contributed by atoms with Gasteiger partial charge in [0.25, 0.3) is 5.91 Å². The van der Waals surface area contributed by atoms with E-state index in [1.807, 2.05) is 0 Å². The van der Waals surface area contributed by atoms with Crippen molar-refractivity contribution in [3.05, 3.63) is 36.2 Å². The Labute approximate surface area is 115 Å². The van der Waals surface area contributed by atoms with Crippen LogP contribution in [-0.4, -0.2) is 44.9 Å². The molecule has 1 atom stereocenters. The van der Waals surface area contributed by atoms with Crippen molar-refractivity contribution in [3.8, 4) is 0 Å². The monoisotopic (exact) mass is 273 g/mol. The number of benzene rings is 1. The first-order chi connectivity index (χ1) is 9.56. The molecule has 1 unspecified atom stereocenters. The molecule has 104 valence electrons. The molecule has 3 N–H and O–H groups in total. The Bertz CT molecular complexity index is 665. The van der Waals surface area contributed by atoms with Gasteiger partial charge in [0.2, 0.25) is 0 Å². The highest BCUT2D eigenvalue weighted by Crippen LogP contribution is 2.16. The molecule has 1 heterocycles. The van der Waals surface area contributed by atoms with Gasteiger partial charge in [-0.25, -0.2) is 0 Å². The molecule has 20 heavy (non-hydrogen) atoms. The maximum Gasteiger partial charge on any atom is 0.256 e. The van der Waals surface area contributed by atoms with E-state index in [0.717, 1.165) is 0 Å². The second-order valence-electron chi connectivity index (χ2n) is 4.35. The average Bonchev–Trinajstić information content (AvgIpc) is 2.51. The fourth-order valence-corrected chi connectivity index (χ4v) is 1.81. The molecule has 1 aromatic carbocycles. The van der Waals surface area contributed by atoms with Gasteiger partial charge in [-0.2, -0.15) is 0 Å². The molecule has 0 bridgehead atoms. The van der Waals surface area contributed by atoms with Crippen LogP contribution >= 0.6 is 0 Å². The van der Waals surface area contributed by atoms with Gasteiger partial charge in [-0.3, -0.25) is 14.8 Å². The number of carbonyl (C=O) groups excluding carboxylic acids is 1. The zero-order valence-corrected chi connectivity index (χ0v) is 11.2. The van der Waals surface area contributed by atoms with E-state index in [2.05, 4.69) is 15.1 Å². The molecule has 0 aliphatic heterocycles. The third-order valence-corrected chi connectivity index (χ3v) is 3.17. The minimum absolute atomic E-state index is 0.0350. The van der Waals surface area contributed by atoms with Crippen molar-refractivity contribution in [2.24, 2.45) is 10.9 Å². The van der Waals surface area contributed by atoms with E-state index in [4.69, 9.17) is 10.9 Å². The molecule has 0 aliphatic carbocycles. The minimum atomic E-state index is -0.528. The van der Waals surface area contributed by atoms with Crippen LogP contribution in [0.25, 0.3) is 11.0 Å². The zero-order chi connectivity index (χ0) is 14.7. The lowest BCUT2D eigenvalue weighted by Crippen LogP contribution is -2.43. The van der Waals surface area contributed by atoms with Gasteiger partial charge in [0.1, 0.15) is 5.52 Å². The molecule has 0 radical (unpaired) electrons. The highest BCUT2D eigenvalue weighted by molar-refractivity contribution is 6.06. The van der Waals surface area contributed by atoms with Gasteiger partial charge in [0.15, 0.2) is 5.84 Å². The number of carbonyl (C=O) groups is 1. The fraction of sp³-hybridized carbons (Fsp3) is 0.231. The minimum Gasteiger partial charge on any atom is -0.409 e. The predicted molar refractivity (Wildman–Crippen MR) is 74.5 cm³/mol. The number of rotatable bonds is 3. The van der Waals surface area contributed by atoms with Crippen LogP contribution in [0.5, 0.6) is 0 Å². The Kier molecular flexibility index (Phi) is 3.79. The van der Waals surface area contributed by atoms with Gasteiger partial charge in [0.05, 0.1) is 17.1 Å². The zero-order valence-electron chi connectivity index (χ0n) is 11.2. The Morgan fingerprint density at radius 3 is 2.80 bits per heavy atom. The Hall–Kier alpha value is -2.70. The molecule has 0 spiro atoms. The van der Waals surface area contributed by atoms with Crippen molar-refractivity contribution in [2.75, 3.05) is 7.05 Å². The number of hydrogen-bond donors (Lipinski definition) is 2. The van der Waals surface area contributed by atoms with E-state index in [1.54, 1.807) is 38.4 Å².